The lowest BCUT2D eigenvalue weighted by atomic mass is 10.0. The van der Waals surface area contributed by atoms with Gasteiger partial charge >= 0.3 is 0 Å². The van der Waals surface area contributed by atoms with Gasteiger partial charge in [-0.05, 0) is 36.7 Å². The van der Waals surface area contributed by atoms with E-state index in [0.717, 1.165) is 54.9 Å². The van der Waals surface area contributed by atoms with Crippen LogP contribution in [0.25, 0.3) is 22.2 Å². The summed E-state index contributed by atoms with van der Waals surface area (Å²) in [5, 5.41) is 8.79. The summed E-state index contributed by atoms with van der Waals surface area (Å²) in [5.74, 6) is 0.826. The molecule has 2 aliphatic heterocycles. The number of aryl methyl sites for hydroxylation is 1. The van der Waals surface area contributed by atoms with Gasteiger partial charge in [0.25, 0.3) is 0 Å². The van der Waals surface area contributed by atoms with Crippen LogP contribution < -0.4 is 5.32 Å². The summed E-state index contributed by atoms with van der Waals surface area (Å²) >= 11 is 0. The Hall–Kier alpha value is -3.43. The van der Waals surface area contributed by atoms with Crippen molar-refractivity contribution in [2.45, 2.75) is 38.8 Å². The molecule has 1 fully saturated rings. The van der Waals surface area contributed by atoms with Crippen molar-refractivity contribution in [2.24, 2.45) is 7.05 Å². The number of fused-ring (bicyclic) bond motifs is 2. The molecule has 0 aliphatic carbocycles. The zero-order valence-corrected chi connectivity index (χ0v) is 21.2. The van der Waals surface area contributed by atoms with Crippen LogP contribution in [0.5, 0.6) is 0 Å². The number of nitrogens with zero attached hydrogens (tertiary/aromatic N) is 7. The Bertz CT molecular complexity index is 1440. The van der Waals surface area contributed by atoms with Crippen LogP contribution in [-0.2, 0) is 20.0 Å². The Morgan fingerprint density at radius 1 is 1.08 bits per heavy atom. The first-order valence-electron chi connectivity index (χ1n) is 12.5. The SMILES string of the molecule is CC(C)c1c2cc(-c3nc(Nc4ccc5c(n4)CCN(C4CN(C)C4)C5)ncc3F)ccc2nn1C. The Balaban J connectivity index is 1.25. The summed E-state index contributed by atoms with van der Waals surface area (Å²) in [6.07, 6.45) is 2.14. The Morgan fingerprint density at radius 3 is 2.69 bits per heavy atom. The van der Waals surface area contributed by atoms with Gasteiger partial charge in [0.05, 0.1) is 11.7 Å². The molecule has 186 valence electrons. The molecule has 9 heteroatoms. The molecule has 36 heavy (non-hydrogen) atoms. The quantitative estimate of drug-likeness (QED) is 0.455. The number of benzene rings is 1. The third kappa shape index (κ3) is 4.12. The molecule has 0 unspecified atom stereocenters. The van der Waals surface area contributed by atoms with Crippen molar-refractivity contribution in [1.82, 2.24) is 34.5 Å². The molecule has 1 aromatic carbocycles. The average Bonchev–Trinajstić information content (AvgIpc) is 3.18. The zero-order valence-electron chi connectivity index (χ0n) is 21.2. The number of likely N-dealkylation sites (N-methyl/N-ethyl adjacent to an activating group) is 1. The summed E-state index contributed by atoms with van der Waals surface area (Å²) in [5.41, 5.74) is 5.33. The number of aromatic nitrogens is 5. The molecule has 0 radical (unpaired) electrons. The second-order valence-corrected chi connectivity index (χ2v) is 10.3. The lowest BCUT2D eigenvalue weighted by Gasteiger charge is -2.45. The summed E-state index contributed by atoms with van der Waals surface area (Å²) in [4.78, 5) is 18.4. The predicted molar refractivity (Wildman–Crippen MR) is 139 cm³/mol. The van der Waals surface area contributed by atoms with Gasteiger partial charge in [0, 0.05) is 68.0 Å². The molecular formula is C27H31FN8. The molecular weight excluding hydrogens is 455 g/mol. The molecule has 1 N–H and O–H groups in total. The smallest absolute Gasteiger partial charge is 0.229 e. The predicted octanol–water partition coefficient (Wildman–Crippen LogP) is 4.10. The molecule has 6 rings (SSSR count). The van der Waals surface area contributed by atoms with Gasteiger partial charge < -0.3 is 10.2 Å². The van der Waals surface area contributed by atoms with E-state index in [0.29, 0.717) is 29.3 Å². The van der Waals surface area contributed by atoms with Gasteiger partial charge in [-0.15, -0.1) is 0 Å². The Morgan fingerprint density at radius 2 is 1.92 bits per heavy atom. The van der Waals surface area contributed by atoms with Crippen LogP contribution in [0.2, 0.25) is 0 Å². The highest BCUT2D eigenvalue weighted by atomic mass is 19.1. The molecule has 0 bridgehead atoms. The molecule has 0 saturated carbocycles. The van der Waals surface area contributed by atoms with Crippen LogP contribution in [0.15, 0.2) is 36.5 Å². The second kappa shape index (κ2) is 8.90. The summed E-state index contributed by atoms with van der Waals surface area (Å²) in [7, 11) is 4.11. The monoisotopic (exact) mass is 486 g/mol. The van der Waals surface area contributed by atoms with E-state index in [-0.39, 0.29) is 5.69 Å². The van der Waals surface area contributed by atoms with E-state index in [1.165, 1.54) is 11.8 Å². The first-order chi connectivity index (χ1) is 17.4. The van der Waals surface area contributed by atoms with E-state index in [1.54, 1.807) is 0 Å². The number of hydrogen-bond donors (Lipinski definition) is 1. The molecule has 4 aromatic rings. The second-order valence-electron chi connectivity index (χ2n) is 10.3. The maximum absolute atomic E-state index is 14.8. The van der Waals surface area contributed by atoms with Crippen LogP contribution in [-0.4, -0.2) is 67.3 Å². The highest BCUT2D eigenvalue weighted by Gasteiger charge is 2.31. The van der Waals surface area contributed by atoms with Crippen LogP contribution in [0.3, 0.4) is 0 Å². The first-order valence-corrected chi connectivity index (χ1v) is 12.5. The number of rotatable bonds is 5. The van der Waals surface area contributed by atoms with Gasteiger partial charge in [0.1, 0.15) is 11.5 Å². The fourth-order valence-corrected chi connectivity index (χ4v) is 5.51. The number of likely N-dealkylation sites (tertiary alicyclic amines) is 1. The molecule has 0 atom stereocenters. The Kier molecular flexibility index (Phi) is 5.69. The van der Waals surface area contributed by atoms with E-state index in [4.69, 9.17) is 4.98 Å². The highest BCUT2D eigenvalue weighted by Crippen LogP contribution is 2.31. The lowest BCUT2D eigenvalue weighted by molar-refractivity contribution is 0.0430. The van der Waals surface area contributed by atoms with Crippen LogP contribution in [0.4, 0.5) is 16.2 Å². The molecule has 5 heterocycles. The van der Waals surface area contributed by atoms with Crippen molar-refractivity contribution in [2.75, 3.05) is 32.0 Å². The molecule has 0 amide bonds. The van der Waals surface area contributed by atoms with Gasteiger partial charge in [0.15, 0.2) is 5.82 Å². The van der Waals surface area contributed by atoms with Crippen LogP contribution in [0.1, 0.15) is 36.7 Å². The minimum atomic E-state index is -0.463. The number of nitrogens with one attached hydrogen (secondary N) is 1. The fourth-order valence-electron chi connectivity index (χ4n) is 5.51. The molecule has 1 saturated heterocycles. The molecule has 3 aromatic heterocycles. The average molecular weight is 487 g/mol. The molecule has 8 nitrogen and oxygen atoms in total. The number of pyridine rings is 1. The van der Waals surface area contributed by atoms with Gasteiger partial charge in [0.2, 0.25) is 5.95 Å². The standard InChI is InChI=1S/C27H31FN8/c1-16(2)26-20-11-17(5-7-23(20)33-35(26)4)25-21(28)12-29-27(32-25)31-24-8-6-18-13-36(10-9-22(18)30-24)19-14-34(3)15-19/h5-8,11-12,16,19H,9-10,13-15H2,1-4H3,(H,29,30,31,32). The normalized spacial score (nSPS) is 16.9. The Labute approximate surface area is 210 Å². The van der Waals surface area contributed by atoms with Crippen LogP contribution >= 0.6 is 0 Å². The van der Waals surface area contributed by atoms with Gasteiger partial charge in [-0.3, -0.25) is 9.58 Å². The minimum absolute atomic E-state index is 0.257. The van der Waals surface area contributed by atoms with Crippen molar-refractivity contribution >= 4 is 22.7 Å². The molecule has 0 spiro atoms. The van der Waals surface area contributed by atoms with Crippen molar-refractivity contribution < 1.29 is 4.39 Å². The van der Waals surface area contributed by atoms with E-state index in [2.05, 4.69) is 57.1 Å². The number of anilines is 2. The van der Waals surface area contributed by atoms with E-state index >= 15 is 0 Å². The fraction of sp³-hybridized carbons (Fsp3) is 0.407. The van der Waals surface area contributed by atoms with E-state index in [9.17, 15) is 4.39 Å². The van der Waals surface area contributed by atoms with Gasteiger partial charge in [-0.25, -0.2) is 19.3 Å². The number of hydrogen-bond acceptors (Lipinski definition) is 7. The largest absolute Gasteiger partial charge is 0.309 e. The van der Waals surface area contributed by atoms with E-state index < -0.39 is 5.82 Å². The van der Waals surface area contributed by atoms with Gasteiger partial charge in [-0.1, -0.05) is 26.0 Å². The van der Waals surface area contributed by atoms with Crippen molar-refractivity contribution in [3.05, 3.63) is 59.3 Å². The maximum atomic E-state index is 14.8. The van der Waals surface area contributed by atoms with Gasteiger partial charge in [-0.2, -0.15) is 5.10 Å². The summed E-state index contributed by atoms with van der Waals surface area (Å²) in [6.45, 7) is 8.50. The summed E-state index contributed by atoms with van der Waals surface area (Å²) in [6, 6.07) is 10.5. The highest BCUT2D eigenvalue weighted by molar-refractivity contribution is 5.86. The van der Waals surface area contributed by atoms with Crippen molar-refractivity contribution in [3.63, 3.8) is 0 Å². The van der Waals surface area contributed by atoms with Crippen molar-refractivity contribution in [1.29, 1.82) is 0 Å². The van der Waals surface area contributed by atoms with Crippen LogP contribution in [0, 0.1) is 5.82 Å². The third-order valence-corrected chi connectivity index (χ3v) is 7.32. The topological polar surface area (TPSA) is 75.0 Å². The summed E-state index contributed by atoms with van der Waals surface area (Å²) < 4.78 is 16.7. The van der Waals surface area contributed by atoms with E-state index in [1.807, 2.05) is 36.0 Å². The van der Waals surface area contributed by atoms with Crippen molar-refractivity contribution in [3.8, 4) is 11.3 Å². The minimum Gasteiger partial charge on any atom is -0.309 e. The zero-order chi connectivity index (χ0) is 25.0. The molecule has 2 aliphatic rings. The maximum Gasteiger partial charge on any atom is 0.229 e. The number of halogens is 1. The lowest BCUT2D eigenvalue weighted by Crippen LogP contribution is -2.58. The first kappa shape index (κ1) is 23.0. The third-order valence-electron chi connectivity index (χ3n) is 7.32.